The fourth-order valence-electron chi connectivity index (χ4n) is 2.30. The van der Waals surface area contributed by atoms with Crippen molar-refractivity contribution in [1.82, 2.24) is 4.57 Å². The lowest BCUT2D eigenvalue weighted by atomic mass is 10.2. The van der Waals surface area contributed by atoms with Gasteiger partial charge in [-0.15, -0.1) is 0 Å². The molecule has 2 rings (SSSR count). The number of para-hydroxylation sites is 1. The molecule has 0 radical (unpaired) electrons. The van der Waals surface area contributed by atoms with Gasteiger partial charge in [0.15, 0.2) is 0 Å². The molecule has 0 atom stereocenters. The predicted octanol–water partition coefficient (Wildman–Crippen LogP) is 3.60. The van der Waals surface area contributed by atoms with Gasteiger partial charge in [0.1, 0.15) is 0 Å². The molecule has 0 spiro atoms. The van der Waals surface area contributed by atoms with Gasteiger partial charge in [-0.05, 0) is 23.9 Å². The van der Waals surface area contributed by atoms with Crippen LogP contribution in [0.25, 0.3) is 10.9 Å². The summed E-state index contributed by atoms with van der Waals surface area (Å²) in [7, 11) is -1.24. The van der Waals surface area contributed by atoms with Crippen molar-refractivity contribution in [1.29, 1.82) is 0 Å². The maximum Gasteiger partial charge on any atom is 0.0984 e. The maximum absolute atomic E-state index is 2.53. The third kappa shape index (κ3) is 1.94. The number of aromatic nitrogens is 1. The Hall–Kier alpha value is -1.02. The van der Waals surface area contributed by atoms with Gasteiger partial charge < -0.3 is 4.57 Å². The first kappa shape index (κ1) is 11.5. The topological polar surface area (TPSA) is 4.93 Å². The molecule has 1 nitrogen and oxygen atoms in total. The number of nitrogens with zero attached hydrogens (tertiary/aromatic N) is 1. The summed E-state index contributed by atoms with van der Waals surface area (Å²) < 4.78 is 2.53. The molecule has 86 valence electrons. The summed E-state index contributed by atoms with van der Waals surface area (Å²) in [6.45, 7) is 10.7. The van der Waals surface area contributed by atoms with Crippen molar-refractivity contribution in [2.24, 2.45) is 0 Å². The number of hydrogen-bond acceptors (Lipinski definition) is 0. The van der Waals surface area contributed by atoms with Crippen molar-refractivity contribution in [2.75, 3.05) is 0 Å². The average molecular weight is 231 g/mol. The van der Waals surface area contributed by atoms with Crippen LogP contribution in [-0.4, -0.2) is 12.6 Å². The Morgan fingerprint density at radius 3 is 2.44 bits per heavy atom. The van der Waals surface area contributed by atoms with Gasteiger partial charge in [0, 0.05) is 17.4 Å². The number of hydrogen-bond donors (Lipinski definition) is 0. The zero-order valence-corrected chi connectivity index (χ0v) is 11.7. The zero-order chi connectivity index (χ0) is 11.8. The van der Waals surface area contributed by atoms with Gasteiger partial charge in [-0.2, -0.15) is 0 Å². The van der Waals surface area contributed by atoms with E-state index in [4.69, 9.17) is 0 Å². The first-order valence-corrected chi connectivity index (χ1v) is 9.63. The van der Waals surface area contributed by atoms with Crippen LogP contribution in [0.1, 0.15) is 13.3 Å². The van der Waals surface area contributed by atoms with Crippen LogP contribution in [0.5, 0.6) is 0 Å². The first-order valence-electron chi connectivity index (χ1n) is 6.13. The predicted molar refractivity (Wildman–Crippen MR) is 75.2 cm³/mol. The molecule has 0 unspecified atom stereocenters. The summed E-state index contributed by atoms with van der Waals surface area (Å²) >= 11 is 0. The van der Waals surface area contributed by atoms with Crippen molar-refractivity contribution in [3.05, 3.63) is 30.3 Å². The second-order valence-corrected chi connectivity index (χ2v) is 10.5. The SMILES string of the molecule is CCCn1c([Si](C)(C)C)cc2ccccc21. The standard InChI is InChI=1S/C14H21NSi/c1-5-10-15-13-9-7-6-8-12(13)11-14(15)16(2,3)4/h6-9,11H,5,10H2,1-4H3. The Morgan fingerprint density at radius 1 is 1.12 bits per heavy atom. The minimum atomic E-state index is -1.24. The lowest BCUT2D eigenvalue weighted by Crippen LogP contribution is -2.42. The van der Waals surface area contributed by atoms with Gasteiger partial charge in [0.05, 0.1) is 8.07 Å². The van der Waals surface area contributed by atoms with E-state index >= 15 is 0 Å². The number of fused-ring (bicyclic) bond motifs is 1. The molecule has 0 amide bonds. The van der Waals surface area contributed by atoms with Crippen LogP contribution >= 0.6 is 0 Å². The van der Waals surface area contributed by atoms with Crippen molar-refractivity contribution >= 4 is 24.3 Å². The molecule has 0 bridgehead atoms. The molecule has 0 aliphatic carbocycles. The second-order valence-electron chi connectivity index (χ2n) is 5.49. The van der Waals surface area contributed by atoms with E-state index < -0.39 is 8.07 Å². The lowest BCUT2D eigenvalue weighted by molar-refractivity contribution is 0.716. The summed E-state index contributed by atoms with van der Waals surface area (Å²) in [6, 6.07) is 11.1. The van der Waals surface area contributed by atoms with Crippen LogP contribution in [-0.2, 0) is 6.54 Å². The molecule has 0 saturated heterocycles. The Kier molecular flexibility index (Phi) is 2.93. The number of aryl methyl sites for hydroxylation is 1. The maximum atomic E-state index is 2.53. The molecule has 2 aromatic rings. The van der Waals surface area contributed by atoms with Gasteiger partial charge in [0.25, 0.3) is 0 Å². The highest BCUT2D eigenvalue weighted by molar-refractivity contribution is 6.88. The Labute approximate surface area is 99.1 Å². The summed E-state index contributed by atoms with van der Waals surface area (Å²) in [5.41, 5.74) is 1.40. The number of rotatable bonds is 3. The van der Waals surface area contributed by atoms with Crippen molar-refractivity contribution in [2.45, 2.75) is 39.5 Å². The molecule has 1 aromatic heterocycles. The summed E-state index contributed by atoms with van der Waals surface area (Å²) in [5.74, 6) is 0. The molecule has 2 heteroatoms. The smallest absolute Gasteiger partial charge is 0.0984 e. The van der Waals surface area contributed by atoms with Crippen LogP contribution in [0.15, 0.2) is 30.3 Å². The molecule has 1 aromatic carbocycles. The van der Waals surface area contributed by atoms with Gasteiger partial charge in [-0.3, -0.25) is 0 Å². The molecule has 0 aliphatic rings. The Morgan fingerprint density at radius 2 is 1.81 bits per heavy atom. The minimum absolute atomic E-state index is 1.15. The molecule has 16 heavy (non-hydrogen) atoms. The average Bonchev–Trinajstić information content (AvgIpc) is 2.58. The van der Waals surface area contributed by atoms with Crippen LogP contribution in [0, 0.1) is 0 Å². The van der Waals surface area contributed by atoms with Crippen LogP contribution in [0.2, 0.25) is 19.6 Å². The van der Waals surface area contributed by atoms with Crippen molar-refractivity contribution in [3.63, 3.8) is 0 Å². The summed E-state index contributed by atoms with van der Waals surface area (Å²) in [6.07, 6.45) is 1.20. The quantitative estimate of drug-likeness (QED) is 0.711. The highest BCUT2D eigenvalue weighted by atomic mass is 28.3. The fourth-order valence-corrected chi connectivity index (χ4v) is 3.93. The van der Waals surface area contributed by atoms with E-state index in [2.05, 4.69) is 61.5 Å². The van der Waals surface area contributed by atoms with Crippen LogP contribution < -0.4 is 5.32 Å². The van der Waals surface area contributed by atoms with E-state index in [1.54, 1.807) is 5.32 Å². The van der Waals surface area contributed by atoms with E-state index in [9.17, 15) is 0 Å². The third-order valence-electron chi connectivity index (χ3n) is 3.03. The molecule has 0 aliphatic heterocycles. The van der Waals surface area contributed by atoms with E-state index in [0.717, 1.165) is 6.54 Å². The van der Waals surface area contributed by atoms with Gasteiger partial charge in [-0.1, -0.05) is 44.8 Å². The van der Waals surface area contributed by atoms with Crippen molar-refractivity contribution < 1.29 is 0 Å². The minimum Gasteiger partial charge on any atom is -0.349 e. The molecule has 0 saturated carbocycles. The molecular weight excluding hydrogens is 210 g/mol. The highest BCUT2D eigenvalue weighted by Crippen LogP contribution is 2.17. The van der Waals surface area contributed by atoms with Crippen LogP contribution in [0.4, 0.5) is 0 Å². The van der Waals surface area contributed by atoms with Gasteiger partial charge >= 0.3 is 0 Å². The van der Waals surface area contributed by atoms with E-state index in [1.807, 2.05) is 0 Å². The van der Waals surface area contributed by atoms with Gasteiger partial charge in [-0.25, -0.2) is 0 Å². The first-order chi connectivity index (χ1) is 7.54. The van der Waals surface area contributed by atoms with E-state index in [1.165, 1.54) is 17.3 Å². The molecule has 1 heterocycles. The van der Waals surface area contributed by atoms with Gasteiger partial charge in [0.2, 0.25) is 0 Å². The molecule has 0 fully saturated rings. The summed E-state index contributed by atoms with van der Waals surface area (Å²) in [4.78, 5) is 0. The van der Waals surface area contributed by atoms with Crippen molar-refractivity contribution in [3.8, 4) is 0 Å². The normalized spacial score (nSPS) is 12.2. The van der Waals surface area contributed by atoms with E-state index in [-0.39, 0.29) is 0 Å². The Balaban J connectivity index is 2.68. The lowest BCUT2D eigenvalue weighted by Gasteiger charge is -2.19. The summed E-state index contributed by atoms with van der Waals surface area (Å²) in [5, 5.41) is 2.98. The fraction of sp³-hybridized carbons (Fsp3) is 0.429. The monoisotopic (exact) mass is 231 g/mol. The molecular formula is C14H21NSi. The highest BCUT2D eigenvalue weighted by Gasteiger charge is 2.22. The largest absolute Gasteiger partial charge is 0.349 e. The zero-order valence-electron chi connectivity index (χ0n) is 10.7. The second kappa shape index (κ2) is 4.09. The van der Waals surface area contributed by atoms with Crippen LogP contribution in [0.3, 0.4) is 0 Å². The number of benzene rings is 1. The third-order valence-corrected chi connectivity index (χ3v) is 4.98. The Bertz CT molecular complexity index is 491. The van der Waals surface area contributed by atoms with E-state index in [0.29, 0.717) is 0 Å². The molecule has 0 N–H and O–H groups in total.